The third-order valence-electron chi connectivity index (χ3n) is 11.4. The molecule has 3 fully saturated rings. The number of carbonyl (C=O) groups excluding carboxylic acids is 1. The average molecular weight is 501 g/mol. The van der Waals surface area contributed by atoms with Crippen LogP contribution >= 0.6 is 0 Å². The van der Waals surface area contributed by atoms with Gasteiger partial charge in [0.1, 0.15) is 6.10 Å². The van der Waals surface area contributed by atoms with E-state index in [9.17, 15) is 4.79 Å². The molecule has 3 nitrogen and oxygen atoms in total. The largest absolute Gasteiger partial charge is 0.462 e. The van der Waals surface area contributed by atoms with Crippen LogP contribution in [-0.4, -0.2) is 25.3 Å². The predicted molar refractivity (Wildman–Crippen MR) is 149 cm³/mol. The Kier molecular flexibility index (Phi) is 9.33. The predicted octanol–water partition coefficient (Wildman–Crippen LogP) is 8.76. The van der Waals surface area contributed by atoms with Gasteiger partial charge in [-0.1, -0.05) is 72.5 Å². The highest BCUT2D eigenvalue weighted by molar-refractivity contribution is 5.69. The van der Waals surface area contributed by atoms with Crippen molar-refractivity contribution in [3.63, 3.8) is 0 Å². The van der Waals surface area contributed by atoms with Crippen LogP contribution in [0.2, 0.25) is 0 Å². The van der Waals surface area contributed by atoms with Crippen LogP contribution in [0.3, 0.4) is 0 Å². The molecule has 0 bridgehead atoms. The summed E-state index contributed by atoms with van der Waals surface area (Å²) in [5.74, 6) is 5.14. The van der Waals surface area contributed by atoms with E-state index in [2.05, 4.69) is 47.6 Å². The lowest BCUT2D eigenvalue weighted by molar-refractivity contribution is -0.152. The highest BCUT2D eigenvalue weighted by Gasteiger charge is 2.59. The molecule has 0 spiro atoms. The van der Waals surface area contributed by atoms with Gasteiger partial charge in [0, 0.05) is 13.0 Å². The number of fused-ring (bicyclic) bond motifs is 5. The standard InChI is InChI=1S/C33H56O3/c1-7-20-35-21-17-31(34)36-26-15-18-32(5)25(22-26)11-12-27-29-14-13-28(24(4)10-8-9-23(2)3)33(29,6)19-16-30(27)32/h11,23-24,26-30H,7-10,12-22H2,1-6H3. The van der Waals surface area contributed by atoms with Crippen LogP contribution in [-0.2, 0) is 14.3 Å². The first-order valence-electron chi connectivity index (χ1n) is 15.7. The molecule has 4 aliphatic carbocycles. The molecule has 4 aliphatic rings. The number of hydrogen-bond acceptors (Lipinski definition) is 3. The zero-order chi connectivity index (χ0) is 25.9. The summed E-state index contributed by atoms with van der Waals surface area (Å²) < 4.78 is 11.4. The van der Waals surface area contributed by atoms with E-state index in [1.54, 1.807) is 5.57 Å². The van der Waals surface area contributed by atoms with Crippen molar-refractivity contribution in [1.82, 2.24) is 0 Å². The maximum Gasteiger partial charge on any atom is 0.308 e. The van der Waals surface area contributed by atoms with Crippen LogP contribution in [0.25, 0.3) is 0 Å². The van der Waals surface area contributed by atoms with Crippen molar-refractivity contribution in [1.29, 1.82) is 0 Å². The van der Waals surface area contributed by atoms with Gasteiger partial charge < -0.3 is 9.47 Å². The molecule has 0 amide bonds. The molecule has 4 rings (SSSR count). The SMILES string of the molecule is CCCOCCC(=O)OC1CCC2(C)C(=CCC3C2CCC2(C)C(C(C)CCCC(C)C)CCC32)C1. The highest BCUT2D eigenvalue weighted by Crippen LogP contribution is 2.67. The van der Waals surface area contributed by atoms with Crippen molar-refractivity contribution in [3.05, 3.63) is 11.6 Å². The number of esters is 1. The maximum atomic E-state index is 12.4. The minimum atomic E-state index is -0.0815. The monoisotopic (exact) mass is 500 g/mol. The van der Waals surface area contributed by atoms with Crippen LogP contribution in [0.4, 0.5) is 0 Å². The summed E-state index contributed by atoms with van der Waals surface area (Å²) in [7, 11) is 0. The molecule has 3 saturated carbocycles. The summed E-state index contributed by atoms with van der Waals surface area (Å²) in [5.41, 5.74) is 2.47. The summed E-state index contributed by atoms with van der Waals surface area (Å²) >= 11 is 0. The third kappa shape index (κ3) is 5.76. The number of carbonyl (C=O) groups is 1. The van der Waals surface area contributed by atoms with Gasteiger partial charge in [-0.2, -0.15) is 0 Å². The Labute approximate surface area is 222 Å². The minimum Gasteiger partial charge on any atom is -0.462 e. The van der Waals surface area contributed by atoms with E-state index in [0.29, 0.717) is 23.9 Å². The highest BCUT2D eigenvalue weighted by atomic mass is 16.5. The van der Waals surface area contributed by atoms with Crippen molar-refractivity contribution in [3.8, 4) is 0 Å². The van der Waals surface area contributed by atoms with E-state index in [4.69, 9.17) is 9.47 Å². The number of hydrogen-bond donors (Lipinski definition) is 0. The van der Waals surface area contributed by atoms with Gasteiger partial charge in [0.05, 0.1) is 13.0 Å². The molecule has 8 unspecified atom stereocenters. The van der Waals surface area contributed by atoms with Gasteiger partial charge in [-0.05, 0) is 97.7 Å². The zero-order valence-electron chi connectivity index (χ0n) is 24.5. The Morgan fingerprint density at radius 1 is 1.03 bits per heavy atom. The molecule has 0 heterocycles. The fourth-order valence-electron chi connectivity index (χ4n) is 9.40. The van der Waals surface area contributed by atoms with Crippen molar-refractivity contribution >= 4 is 5.97 Å². The first kappa shape index (κ1) is 28.2. The van der Waals surface area contributed by atoms with Crippen molar-refractivity contribution < 1.29 is 14.3 Å². The Morgan fingerprint density at radius 3 is 2.58 bits per heavy atom. The number of rotatable bonds is 11. The second kappa shape index (κ2) is 11.9. The lowest BCUT2D eigenvalue weighted by Gasteiger charge is -2.58. The van der Waals surface area contributed by atoms with Crippen molar-refractivity contribution in [2.45, 2.75) is 131 Å². The number of allylic oxidation sites excluding steroid dienone is 1. The van der Waals surface area contributed by atoms with Crippen LogP contribution in [0.1, 0.15) is 125 Å². The molecule has 0 aromatic rings. The molecule has 3 heteroatoms. The van der Waals surface area contributed by atoms with E-state index in [0.717, 1.165) is 61.4 Å². The second-order valence-corrected chi connectivity index (χ2v) is 14.0. The topological polar surface area (TPSA) is 35.5 Å². The summed E-state index contributed by atoms with van der Waals surface area (Å²) in [6.07, 6.45) is 18.4. The molecule has 206 valence electrons. The smallest absolute Gasteiger partial charge is 0.308 e. The fraction of sp³-hybridized carbons (Fsp3) is 0.909. The van der Waals surface area contributed by atoms with Gasteiger partial charge in [0.15, 0.2) is 0 Å². The summed E-state index contributed by atoms with van der Waals surface area (Å²) in [6, 6.07) is 0. The normalized spacial score (nSPS) is 38.6. The van der Waals surface area contributed by atoms with Gasteiger partial charge in [0.2, 0.25) is 0 Å². The first-order chi connectivity index (χ1) is 17.2. The van der Waals surface area contributed by atoms with Gasteiger partial charge in [-0.15, -0.1) is 0 Å². The van der Waals surface area contributed by atoms with Gasteiger partial charge in [-0.3, -0.25) is 4.79 Å². The third-order valence-corrected chi connectivity index (χ3v) is 11.4. The number of ether oxygens (including phenoxy) is 2. The van der Waals surface area contributed by atoms with Crippen LogP contribution < -0.4 is 0 Å². The van der Waals surface area contributed by atoms with E-state index in [1.807, 2.05) is 0 Å². The van der Waals surface area contributed by atoms with E-state index in [-0.39, 0.29) is 12.1 Å². The molecule has 0 aromatic heterocycles. The Hall–Kier alpha value is -0.830. The van der Waals surface area contributed by atoms with Crippen LogP contribution in [0, 0.1) is 46.3 Å². The molecule has 0 N–H and O–H groups in total. The minimum absolute atomic E-state index is 0.0657. The van der Waals surface area contributed by atoms with Gasteiger partial charge >= 0.3 is 5.97 Å². The second-order valence-electron chi connectivity index (χ2n) is 14.0. The van der Waals surface area contributed by atoms with Crippen LogP contribution in [0.5, 0.6) is 0 Å². The summed E-state index contributed by atoms with van der Waals surface area (Å²) in [6.45, 7) is 15.9. The summed E-state index contributed by atoms with van der Waals surface area (Å²) in [4.78, 5) is 12.4. The first-order valence-corrected chi connectivity index (χ1v) is 15.7. The maximum absolute atomic E-state index is 12.4. The molecule has 36 heavy (non-hydrogen) atoms. The quantitative estimate of drug-likeness (QED) is 0.162. The van der Waals surface area contributed by atoms with Gasteiger partial charge in [-0.25, -0.2) is 0 Å². The lowest BCUT2D eigenvalue weighted by atomic mass is 9.47. The summed E-state index contributed by atoms with van der Waals surface area (Å²) in [5, 5.41) is 0. The molecule has 0 saturated heterocycles. The molecule has 0 aromatic carbocycles. The van der Waals surface area contributed by atoms with E-state index in [1.165, 1.54) is 57.8 Å². The Bertz CT molecular complexity index is 771. The Balaban J connectivity index is 1.36. The van der Waals surface area contributed by atoms with Crippen LogP contribution in [0.15, 0.2) is 11.6 Å². The molecule has 0 aliphatic heterocycles. The van der Waals surface area contributed by atoms with E-state index >= 15 is 0 Å². The average Bonchev–Trinajstić information content (AvgIpc) is 3.19. The van der Waals surface area contributed by atoms with Crippen molar-refractivity contribution in [2.24, 2.45) is 46.3 Å². The van der Waals surface area contributed by atoms with E-state index < -0.39 is 0 Å². The molecule has 8 atom stereocenters. The van der Waals surface area contributed by atoms with Gasteiger partial charge in [0.25, 0.3) is 0 Å². The zero-order valence-corrected chi connectivity index (χ0v) is 24.5. The molecular formula is C33H56O3. The molecular weight excluding hydrogens is 444 g/mol. The fourth-order valence-corrected chi connectivity index (χ4v) is 9.40. The lowest BCUT2D eigenvalue weighted by Crippen LogP contribution is -2.51. The van der Waals surface area contributed by atoms with Crippen molar-refractivity contribution in [2.75, 3.05) is 13.2 Å². The molecule has 0 radical (unpaired) electrons. The Morgan fingerprint density at radius 2 is 1.83 bits per heavy atom.